The molecule has 2 aliphatic heterocycles. The molecule has 2 aliphatic rings. The van der Waals surface area contributed by atoms with Crippen molar-refractivity contribution in [1.82, 2.24) is 15.1 Å². The third-order valence-corrected chi connectivity index (χ3v) is 5.76. The second-order valence-electron chi connectivity index (χ2n) is 8.02. The van der Waals surface area contributed by atoms with Crippen molar-refractivity contribution in [3.05, 3.63) is 35.9 Å². The number of likely N-dealkylation sites (tertiary alicyclic amines) is 1. The van der Waals surface area contributed by atoms with Crippen molar-refractivity contribution in [3.63, 3.8) is 0 Å². The molecule has 1 unspecified atom stereocenters. The number of hydrogen-bond donors (Lipinski definition) is 1. The molecule has 0 aromatic heterocycles. The lowest BCUT2D eigenvalue weighted by Gasteiger charge is -2.37. The Morgan fingerprint density at radius 3 is 2.50 bits per heavy atom. The molecule has 2 saturated heterocycles. The Hall–Kier alpha value is -1.88. The largest absolute Gasteiger partial charge is 0.341 e. The highest BCUT2D eigenvalue weighted by Crippen LogP contribution is 2.22. The number of amides is 2. The molecular formula is C21H31N3O2. The zero-order valence-electron chi connectivity index (χ0n) is 16.0. The average Bonchev–Trinajstić information content (AvgIpc) is 2.64. The van der Waals surface area contributed by atoms with Gasteiger partial charge in [-0.25, -0.2) is 0 Å². The van der Waals surface area contributed by atoms with Gasteiger partial charge in [0, 0.05) is 25.6 Å². The Morgan fingerprint density at radius 2 is 1.88 bits per heavy atom. The summed E-state index contributed by atoms with van der Waals surface area (Å²) in [5.41, 5.74) is 1.38. The number of nitrogens with one attached hydrogen (secondary N) is 1. The number of carbonyl (C=O) groups is 2. The second kappa shape index (κ2) is 8.67. The van der Waals surface area contributed by atoms with E-state index in [0.717, 1.165) is 32.4 Å². The number of hydrogen-bond acceptors (Lipinski definition) is 3. The quantitative estimate of drug-likeness (QED) is 0.880. The molecule has 26 heavy (non-hydrogen) atoms. The van der Waals surface area contributed by atoms with Crippen molar-refractivity contribution in [2.24, 2.45) is 11.8 Å². The van der Waals surface area contributed by atoms with Gasteiger partial charge in [0.2, 0.25) is 11.8 Å². The molecule has 0 bridgehead atoms. The van der Waals surface area contributed by atoms with Crippen LogP contribution in [0.5, 0.6) is 0 Å². The minimum Gasteiger partial charge on any atom is -0.341 e. The minimum atomic E-state index is 0.0845. The normalized spacial score (nSPS) is 22.1. The third kappa shape index (κ3) is 4.85. The van der Waals surface area contributed by atoms with Crippen molar-refractivity contribution in [1.29, 1.82) is 0 Å². The average molecular weight is 357 g/mol. The van der Waals surface area contributed by atoms with E-state index >= 15 is 0 Å². The molecule has 1 aromatic carbocycles. The first-order valence-corrected chi connectivity index (χ1v) is 9.85. The van der Waals surface area contributed by atoms with Gasteiger partial charge in [0.1, 0.15) is 6.54 Å². The van der Waals surface area contributed by atoms with Crippen LogP contribution in [-0.4, -0.2) is 54.0 Å². The summed E-state index contributed by atoms with van der Waals surface area (Å²) in [5.74, 6) is 1.25. The van der Waals surface area contributed by atoms with Crippen LogP contribution < -0.4 is 5.32 Å². The van der Waals surface area contributed by atoms with Crippen molar-refractivity contribution in [2.75, 3.05) is 26.3 Å². The van der Waals surface area contributed by atoms with Crippen LogP contribution in [0.15, 0.2) is 30.3 Å². The molecule has 0 saturated carbocycles. The van der Waals surface area contributed by atoms with Crippen molar-refractivity contribution < 1.29 is 9.59 Å². The van der Waals surface area contributed by atoms with Crippen molar-refractivity contribution in [2.45, 2.75) is 45.6 Å². The molecule has 1 atom stereocenters. The summed E-state index contributed by atoms with van der Waals surface area (Å²) in [5, 5.41) is 3.38. The Labute approximate surface area is 156 Å². The first-order chi connectivity index (χ1) is 12.5. The van der Waals surface area contributed by atoms with Gasteiger partial charge in [0.15, 0.2) is 0 Å². The monoisotopic (exact) mass is 357 g/mol. The van der Waals surface area contributed by atoms with E-state index in [1.54, 1.807) is 4.90 Å². The highest BCUT2D eigenvalue weighted by atomic mass is 16.2. The molecular weight excluding hydrogens is 326 g/mol. The summed E-state index contributed by atoms with van der Waals surface area (Å²) in [7, 11) is 0. The fourth-order valence-corrected chi connectivity index (χ4v) is 3.92. The molecule has 1 N–H and O–H groups in total. The summed E-state index contributed by atoms with van der Waals surface area (Å²) in [6.45, 7) is 6.54. The molecule has 2 fully saturated rings. The third-order valence-electron chi connectivity index (χ3n) is 5.76. The number of carbonyl (C=O) groups excluding carboxylic acids is 2. The van der Waals surface area contributed by atoms with Gasteiger partial charge in [0.05, 0.1) is 6.67 Å². The standard InChI is InChI=1S/C21H31N3O2/c1-16(2)19-13-20(25)24(15-22-19)14-21(26)23-10-8-18(9-11-23)12-17-6-4-3-5-7-17/h3-7,16,18-19,22H,8-15H2,1-2H3. The molecule has 5 nitrogen and oxygen atoms in total. The van der Waals surface area contributed by atoms with E-state index < -0.39 is 0 Å². The van der Waals surface area contributed by atoms with E-state index in [-0.39, 0.29) is 24.4 Å². The molecule has 0 aliphatic carbocycles. The van der Waals surface area contributed by atoms with E-state index in [1.807, 2.05) is 11.0 Å². The van der Waals surface area contributed by atoms with Crippen molar-refractivity contribution >= 4 is 11.8 Å². The molecule has 0 spiro atoms. The van der Waals surface area contributed by atoms with Gasteiger partial charge in [0.25, 0.3) is 0 Å². The predicted molar refractivity (Wildman–Crippen MR) is 102 cm³/mol. The highest BCUT2D eigenvalue weighted by Gasteiger charge is 2.30. The van der Waals surface area contributed by atoms with Crippen LogP contribution in [0, 0.1) is 11.8 Å². The van der Waals surface area contributed by atoms with Crippen LogP contribution in [0.3, 0.4) is 0 Å². The number of rotatable bonds is 5. The SMILES string of the molecule is CC(C)C1CC(=O)N(CC(=O)N2CCC(Cc3ccccc3)CC2)CN1. The Bertz CT molecular complexity index is 609. The molecule has 2 heterocycles. The molecule has 142 valence electrons. The minimum absolute atomic E-state index is 0.0845. The predicted octanol–water partition coefficient (Wildman–Crippen LogP) is 2.27. The van der Waals surface area contributed by atoms with Crippen LogP contribution in [0.1, 0.15) is 38.7 Å². The summed E-state index contributed by atoms with van der Waals surface area (Å²) >= 11 is 0. The summed E-state index contributed by atoms with van der Waals surface area (Å²) < 4.78 is 0. The number of nitrogens with zero attached hydrogens (tertiary/aromatic N) is 2. The second-order valence-corrected chi connectivity index (χ2v) is 8.02. The first-order valence-electron chi connectivity index (χ1n) is 9.85. The highest BCUT2D eigenvalue weighted by molar-refractivity contribution is 5.85. The van der Waals surface area contributed by atoms with E-state index in [1.165, 1.54) is 5.56 Å². The van der Waals surface area contributed by atoms with Crippen LogP contribution in [0.2, 0.25) is 0 Å². The van der Waals surface area contributed by atoms with Gasteiger partial charge < -0.3 is 9.80 Å². The fraction of sp³-hybridized carbons (Fsp3) is 0.619. The van der Waals surface area contributed by atoms with Gasteiger partial charge >= 0.3 is 0 Å². The van der Waals surface area contributed by atoms with Crippen molar-refractivity contribution in [3.8, 4) is 0 Å². The maximum Gasteiger partial charge on any atom is 0.242 e. The van der Waals surface area contributed by atoms with Gasteiger partial charge in [-0.05, 0) is 36.7 Å². The zero-order chi connectivity index (χ0) is 18.5. The van der Waals surface area contributed by atoms with Gasteiger partial charge in [-0.2, -0.15) is 0 Å². The van der Waals surface area contributed by atoms with E-state index in [4.69, 9.17) is 0 Å². The molecule has 3 rings (SSSR count). The molecule has 0 radical (unpaired) electrons. The van der Waals surface area contributed by atoms with Crippen LogP contribution in [0.25, 0.3) is 0 Å². The van der Waals surface area contributed by atoms with Crippen LogP contribution in [-0.2, 0) is 16.0 Å². The summed E-state index contributed by atoms with van der Waals surface area (Å²) in [6, 6.07) is 10.8. The lowest BCUT2D eigenvalue weighted by atomic mass is 9.90. The smallest absolute Gasteiger partial charge is 0.242 e. The lowest BCUT2D eigenvalue weighted by Crippen LogP contribution is -2.55. The van der Waals surface area contributed by atoms with E-state index in [9.17, 15) is 9.59 Å². The maximum atomic E-state index is 12.6. The van der Waals surface area contributed by atoms with E-state index in [2.05, 4.69) is 43.4 Å². The zero-order valence-corrected chi connectivity index (χ0v) is 16.0. The number of benzene rings is 1. The molecule has 1 aromatic rings. The Morgan fingerprint density at radius 1 is 1.19 bits per heavy atom. The Kier molecular flexibility index (Phi) is 6.30. The van der Waals surface area contributed by atoms with Gasteiger partial charge in [-0.3, -0.25) is 14.9 Å². The lowest BCUT2D eigenvalue weighted by molar-refractivity contribution is -0.144. The summed E-state index contributed by atoms with van der Waals surface area (Å²) in [6.07, 6.45) is 3.67. The first kappa shape index (κ1) is 18.9. The molecule has 5 heteroatoms. The van der Waals surface area contributed by atoms with Crippen LogP contribution >= 0.6 is 0 Å². The Balaban J connectivity index is 1.43. The fourth-order valence-electron chi connectivity index (χ4n) is 3.92. The van der Waals surface area contributed by atoms with Gasteiger partial charge in [-0.1, -0.05) is 44.2 Å². The maximum absolute atomic E-state index is 12.6. The molecule has 2 amide bonds. The number of piperidine rings is 1. The van der Waals surface area contributed by atoms with Crippen LogP contribution in [0.4, 0.5) is 0 Å². The topological polar surface area (TPSA) is 52.7 Å². The van der Waals surface area contributed by atoms with Gasteiger partial charge in [-0.15, -0.1) is 0 Å². The summed E-state index contributed by atoms with van der Waals surface area (Å²) in [4.78, 5) is 28.5. The van der Waals surface area contributed by atoms with E-state index in [0.29, 0.717) is 24.9 Å².